The van der Waals surface area contributed by atoms with E-state index in [2.05, 4.69) is 19.9 Å². The Morgan fingerprint density at radius 3 is 2.24 bits per heavy atom. The molecule has 0 atom stereocenters. The fourth-order valence-electron chi connectivity index (χ4n) is 3.07. The third-order valence-corrected chi connectivity index (χ3v) is 4.72. The van der Waals surface area contributed by atoms with Crippen molar-refractivity contribution in [1.29, 1.82) is 0 Å². The Labute approximate surface area is 148 Å². The van der Waals surface area contributed by atoms with Crippen molar-refractivity contribution in [2.45, 2.75) is 34.6 Å². The largest absolute Gasteiger partial charge is 0.353 e. The van der Waals surface area contributed by atoms with Crippen LogP contribution in [0.1, 0.15) is 31.1 Å². The number of nitrogens with zero attached hydrogens (tertiary/aromatic N) is 6. The lowest BCUT2D eigenvalue weighted by Crippen LogP contribution is -2.50. The predicted octanol–water partition coefficient (Wildman–Crippen LogP) is 1.89. The van der Waals surface area contributed by atoms with Gasteiger partial charge in [-0.1, -0.05) is 13.8 Å². The fraction of sp³-hybridized carbons (Fsp3) is 0.556. The third kappa shape index (κ3) is 3.50. The first-order valence-corrected chi connectivity index (χ1v) is 8.77. The van der Waals surface area contributed by atoms with Crippen molar-refractivity contribution in [2.75, 3.05) is 31.1 Å². The van der Waals surface area contributed by atoms with Gasteiger partial charge in [0, 0.05) is 43.9 Å². The molecular formula is C18H26N6O. The van der Waals surface area contributed by atoms with Gasteiger partial charge in [-0.25, -0.2) is 15.0 Å². The van der Waals surface area contributed by atoms with Crippen LogP contribution in [0.25, 0.3) is 5.82 Å². The first-order valence-electron chi connectivity index (χ1n) is 8.77. The fourth-order valence-corrected chi connectivity index (χ4v) is 3.07. The van der Waals surface area contributed by atoms with Crippen molar-refractivity contribution in [2.24, 2.45) is 5.92 Å². The number of carbonyl (C=O) groups is 1. The number of imidazole rings is 1. The molecule has 25 heavy (non-hydrogen) atoms. The van der Waals surface area contributed by atoms with Gasteiger partial charge in [0.15, 0.2) is 0 Å². The molecule has 7 heteroatoms. The van der Waals surface area contributed by atoms with E-state index in [4.69, 9.17) is 0 Å². The van der Waals surface area contributed by atoms with Gasteiger partial charge in [-0.05, 0) is 20.8 Å². The quantitative estimate of drug-likeness (QED) is 0.852. The van der Waals surface area contributed by atoms with Crippen molar-refractivity contribution in [3.63, 3.8) is 0 Å². The highest BCUT2D eigenvalue weighted by molar-refractivity contribution is 5.78. The van der Waals surface area contributed by atoms with Crippen molar-refractivity contribution in [3.8, 4) is 5.82 Å². The summed E-state index contributed by atoms with van der Waals surface area (Å²) in [5.41, 5.74) is 2.08. The summed E-state index contributed by atoms with van der Waals surface area (Å²) in [4.78, 5) is 29.8. The minimum atomic E-state index is 0.0481. The van der Waals surface area contributed by atoms with E-state index in [1.165, 1.54) is 0 Å². The number of amides is 1. The molecule has 0 saturated carbocycles. The van der Waals surface area contributed by atoms with Gasteiger partial charge >= 0.3 is 0 Å². The average molecular weight is 342 g/mol. The van der Waals surface area contributed by atoms with Gasteiger partial charge in [0.2, 0.25) is 5.91 Å². The van der Waals surface area contributed by atoms with Gasteiger partial charge in [-0.15, -0.1) is 0 Å². The van der Waals surface area contributed by atoms with E-state index < -0.39 is 0 Å². The predicted molar refractivity (Wildman–Crippen MR) is 97.0 cm³/mol. The Kier molecular flexibility index (Phi) is 4.74. The zero-order valence-corrected chi connectivity index (χ0v) is 15.7. The van der Waals surface area contributed by atoms with E-state index in [1.807, 2.05) is 50.2 Å². The maximum absolute atomic E-state index is 12.1. The van der Waals surface area contributed by atoms with E-state index in [9.17, 15) is 4.79 Å². The van der Waals surface area contributed by atoms with Gasteiger partial charge in [-0.2, -0.15) is 0 Å². The summed E-state index contributed by atoms with van der Waals surface area (Å²) in [6.45, 7) is 12.9. The summed E-state index contributed by atoms with van der Waals surface area (Å²) < 4.78 is 1.99. The van der Waals surface area contributed by atoms with Crippen molar-refractivity contribution in [3.05, 3.63) is 29.6 Å². The van der Waals surface area contributed by atoms with Gasteiger partial charge in [0.25, 0.3) is 0 Å². The van der Waals surface area contributed by atoms with Gasteiger partial charge < -0.3 is 9.80 Å². The van der Waals surface area contributed by atoms with Gasteiger partial charge in [0.05, 0.1) is 5.69 Å². The van der Waals surface area contributed by atoms with E-state index in [-0.39, 0.29) is 11.8 Å². The topological polar surface area (TPSA) is 67.2 Å². The molecule has 1 amide bonds. The Morgan fingerprint density at radius 1 is 1.04 bits per heavy atom. The number of aryl methyl sites for hydroxylation is 2. The molecule has 1 fully saturated rings. The lowest BCUT2D eigenvalue weighted by atomic mass is 10.1. The van der Waals surface area contributed by atoms with Crippen LogP contribution in [0.3, 0.4) is 0 Å². The molecule has 2 aromatic heterocycles. The zero-order valence-electron chi connectivity index (χ0n) is 15.7. The minimum absolute atomic E-state index is 0.0481. The lowest BCUT2D eigenvalue weighted by molar-refractivity contribution is -0.134. The number of hydrogen-bond acceptors (Lipinski definition) is 5. The molecule has 0 aliphatic carbocycles. The van der Waals surface area contributed by atoms with Crippen molar-refractivity contribution >= 4 is 11.7 Å². The molecule has 0 N–H and O–H groups in total. The second-order valence-electron chi connectivity index (χ2n) is 6.88. The Balaban J connectivity index is 1.80. The average Bonchev–Trinajstić information content (AvgIpc) is 2.93. The molecular weight excluding hydrogens is 316 g/mol. The van der Waals surface area contributed by atoms with Crippen LogP contribution in [0.5, 0.6) is 0 Å². The highest BCUT2D eigenvalue weighted by Crippen LogP contribution is 2.20. The first kappa shape index (κ1) is 17.4. The molecule has 0 unspecified atom stereocenters. The monoisotopic (exact) mass is 342 g/mol. The molecule has 0 radical (unpaired) electrons. The number of piperazine rings is 1. The summed E-state index contributed by atoms with van der Waals surface area (Å²) in [5, 5.41) is 0. The SMILES string of the molecule is Cc1nc(N2CCN(C(=O)C(C)C)CC2)cc(-n2cnc(C)c2C)n1. The molecule has 0 spiro atoms. The number of rotatable bonds is 3. The Hall–Kier alpha value is -2.44. The molecule has 3 heterocycles. The second kappa shape index (κ2) is 6.82. The van der Waals surface area contributed by atoms with Gasteiger partial charge in [-0.3, -0.25) is 9.36 Å². The molecule has 1 saturated heterocycles. The van der Waals surface area contributed by atoms with Crippen LogP contribution in [0.4, 0.5) is 5.82 Å². The second-order valence-corrected chi connectivity index (χ2v) is 6.88. The molecule has 0 aromatic carbocycles. The number of hydrogen-bond donors (Lipinski definition) is 0. The summed E-state index contributed by atoms with van der Waals surface area (Å²) in [6, 6.07) is 2.00. The molecule has 134 valence electrons. The molecule has 2 aromatic rings. The number of anilines is 1. The van der Waals surface area contributed by atoms with Crippen LogP contribution in [0, 0.1) is 26.7 Å². The van der Waals surface area contributed by atoms with Crippen LogP contribution in [-0.2, 0) is 4.79 Å². The maximum atomic E-state index is 12.1. The smallest absolute Gasteiger partial charge is 0.225 e. The summed E-state index contributed by atoms with van der Waals surface area (Å²) in [7, 11) is 0. The lowest BCUT2D eigenvalue weighted by Gasteiger charge is -2.36. The van der Waals surface area contributed by atoms with E-state index >= 15 is 0 Å². The minimum Gasteiger partial charge on any atom is -0.353 e. The van der Waals surface area contributed by atoms with E-state index in [0.29, 0.717) is 0 Å². The van der Waals surface area contributed by atoms with Crippen molar-refractivity contribution in [1.82, 2.24) is 24.4 Å². The molecule has 1 aliphatic rings. The standard InChI is InChI=1S/C18H26N6O/c1-12(2)18(25)23-8-6-22(7-9-23)16-10-17(21-15(5)20-16)24-11-19-13(3)14(24)4/h10-12H,6-9H2,1-5H3. The van der Waals surface area contributed by atoms with Crippen LogP contribution in [-0.4, -0.2) is 56.5 Å². The van der Waals surface area contributed by atoms with Crippen LogP contribution in [0.15, 0.2) is 12.4 Å². The Morgan fingerprint density at radius 2 is 1.68 bits per heavy atom. The highest BCUT2D eigenvalue weighted by atomic mass is 16.2. The number of aromatic nitrogens is 4. The number of carbonyl (C=O) groups excluding carboxylic acids is 1. The van der Waals surface area contributed by atoms with E-state index in [0.717, 1.165) is 55.0 Å². The zero-order chi connectivity index (χ0) is 18.1. The van der Waals surface area contributed by atoms with Gasteiger partial charge in [0.1, 0.15) is 23.8 Å². The third-order valence-electron chi connectivity index (χ3n) is 4.72. The summed E-state index contributed by atoms with van der Waals surface area (Å²) in [5.74, 6) is 2.75. The van der Waals surface area contributed by atoms with Crippen LogP contribution in [0.2, 0.25) is 0 Å². The first-order chi connectivity index (χ1) is 11.9. The van der Waals surface area contributed by atoms with E-state index in [1.54, 1.807) is 6.33 Å². The molecule has 7 nitrogen and oxygen atoms in total. The normalized spacial score (nSPS) is 15.1. The molecule has 0 bridgehead atoms. The van der Waals surface area contributed by atoms with Crippen LogP contribution < -0.4 is 4.90 Å². The Bertz CT molecular complexity index is 774. The molecule has 1 aliphatic heterocycles. The summed E-state index contributed by atoms with van der Waals surface area (Å²) >= 11 is 0. The molecule has 3 rings (SSSR count). The van der Waals surface area contributed by atoms with Crippen LogP contribution >= 0.6 is 0 Å². The highest BCUT2D eigenvalue weighted by Gasteiger charge is 2.24. The maximum Gasteiger partial charge on any atom is 0.225 e. The summed E-state index contributed by atoms with van der Waals surface area (Å²) in [6.07, 6.45) is 1.80. The van der Waals surface area contributed by atoms with Crippen molar-refractivity contribution < 1.29 is 4.79 Å².